The fraction of sp³-hybridized carbons (Fsp3) is 0.500. The summed E-state index contributed by atoms with van der Waals surface area (Å²) in [7, 11) is 1.58. The predicted molar refractivity (Wildman–Crippen MR) is 42.4 cm³/mol. The molecule has 12 heavy (non-hydrogen) atoms. The van der Waals surface area contributed by atoms with Gasteiger partial charge in [0, 0.05) is 13.7 Å². The SMILES string of the molecule is COCCCC=C(C#N)C(=O)O. The molecule has 0 spiro atoms. The molecule has 0 aliphatic heterocycles. The molecule has 0 saturated carbocycles. The van der Waals surface area contributed by atoms with Crippen LogP contribution in [0.5, 0.6) is 0 Å². The average molecular weight is 169 g/mol. The van der Waals surface area contributed by atoms with Gasteiger partial charge in [-0.2, -0.15) is 5.26 Å². The molecule has 0 amide bonds. The van der Waals surface area contributed by atoms with Crippen LogP contribution in [-0.2, 0) is 9.53 Å². The van der Waals surface area contributed by atoms with Crippen molar-refractivity contribution in [2.24, 2.45) is 0 Å². The van der Waals surface area contributed by atoms with Crippen LogP contribution in [0.3, 0.4) is 0 Å². The van der Waals surface area contributed by atoms with Crippen molar-refractivity contribution in [3.63, 3.8) is 0 Å². The van der Waals surface area contributed by atoms with E-state index in [4.69, 9.17) is 15.1 Å². The number of carboxylic acids is 1. The molecule has 4 heteroatoms. The van der Waals surface area contributed by atoms with Gasteiger partial charge in [-0.25, -0.2) is 4.79 Å². The lowest BCUT2D eigenvalue weighted by Gasteiger charge is -1.93. The number of aliphatic carboxylic acids is 1. The second kappa shape index (κ2) is 6.38. The Labute approximate surface area is 71.1 Å². The number of nitrogens with zero attached hydrogens (tertiary/aromatic N) is 1. The molecule has 0 bridgehead atoms. The third-order valence-electron chi connectivity index (χ3n) is 1.25. The van der Waals surface area contributed by atoms with Crippen LogP contribution in [0.2, 0.25) is 0 Å². The van der Waals surface area contributed by atoms with E-state index >= 15 is 0 Å². The number of methoxy groups -OCH3 is 1. The lowest BCUT2D eigenvalue weighted by atomic mass is 10.2. The van der Waals surface area contributed by atoms with Gasteiger partial charge in [0.25, 0.3) is 0 Å². The van der Waals surface area contributed by atoms with E-state index in [0.717, 1.165) is 6.42 Å². The van der Waals surface area contributed by atoms with Gasteiger partial charge in [0.15, 0.2) is 0 Å². The number of hydrogen-bond acceptors (Lipinski definition) is 3. The molecule has 0 rings (SSSR count). The number of rotatable bonds is 5. The maximum Gasteiger partial charge on any atom is 0.346 e. The Morgan fingerprint density at radius 2 is 2.42 bits per heavy atom. The smallest absolute Gasteiger partial charge is 0.346 e. The van der Waals surface area contributed by atoms with Gasteiger partial charge in [-0.1, -0.05) is 6.08 Å². The first-order valence-corrected chi connectivity index (χ1v) is 3.55. The van der Waals surface area contributed by atoms with Gasteiger partial charge in [-0.05, 0) is 12.8 Å². The van der Waals surface area contributed by atoms with Crippen LogP contribution in [0.4, 0.5) is 0 Å². The van der Waals surface area contributed by atoms with Crippen LogP contribution in [0.1, 0.15) is 12.8 Å². The minimum atomic E-state index is -1.17. The van der Waals surface area contributed by atoms with Gasteiger partial charge in [0.05, 0.1) is 0 Å². The number of allylic oxidation sites excluding steroid dienone is 1. The summed E-state index contributed by atoms with van der Waals surface area (Å²) in [5, 5.41) is 16.7. The van der Waals surface area contributed by atoms with E-state index in [1.54, 1.807) is 13.2 Å². The second-order valence-electron chi connectivity index (χ2n) is 2.17. The van der Waals surface area contributed by atoms with Crippen molar-refractivity contribution in [1.29, 1.82) is 5.26 Å². The first-order valence-electron chi connectivity index (χ1n) is 3.55. The van der Waals surface area contributed by atoms with E-state index < -0.39 is 5.97 Å². The molecule has 0 aliphatic carbocycles. The van der Waals surface area contributed by atoms with Gasteiger partial charge in [-0.15, -0.1) is 0 Å². The zero-order valence-corrected chi connectivity index (χ0v) is 6.91. The molecule has 0 unspecified atom stereocenters. The third-order valence-corrected chi connectivity index (χ3v) is 1.25. The number of nitriles is 1. The lowest BCUT2D eigenvalue weighted by Crippen LogP contribution is -1.98. The Morgan fingerprint density at radius 3 is 2.83 bits per heavy atom. The number of ether oxygens (including phenoxy) is 1. The fourth-order valence-corrected chi connectivity index (χ4v) is 0.655. The summed E-state index contributed by atoms with van der Waals surface area (Å²) in [6.45, 7) is 0.578. The van der Waals surface area contributed by atoms with E-state index in [2.05, 4.69) is 0 Å². The third kappa shape index (κ3) is 4.47. The first-order chi connectivity index (χ1) is 5.72. The zero-order chi connectivity index (χ0) is 9.40. The largest absolute Gasteiger partial charge is 0.477 e. The Bertz CT molecular complexity index is 215. The molecule has 0 aliphatic rings. The molecule has 0 fully saturated rings. The van der Waals surface area contributed by atoms with Crippen molar-refractivity contribution in [3.8, 4) is 6.07 Å². The highest BCUT2D eigenvalue weighted by molar-refractivity contribution is 5.90. The predicted octanol–water partition coefficient (Wildman–Crippen LogP) is 0.948. The highest BCUT2D eigenvalue weighted by Crippen LogP contribution is 1.98. The summed E-state index contributed by atoms with van der Waals surface area (Å²) in [4.78, 5) is 10.3. The van der Waals surface area contributed by atoms with Crippen molar-refractivity contribution in [2.45, 2.75) is 12.8 Å². The Kier molecular flexibility index (Phi) is 5.66. The molecule has 66 valence electrons. The lowest BCUT2D eigenvalue weighted by molar-refractivity contribution is -0.132. The van der Waals surface area contributed by atoms with E-state index in [9.17, 15) is 4.79 Å². The summed E-state index contributed by atoms with van der Waals surface area (Å²) in [5.74, 6) is -1.17. The summed E-state index contributed by atoms with van der Waals surface area (Å²) < 4.78 is 4.76. The highest BCUT2D eigenvalue weighted by Gasteiger charge is 2.03. The van der Waals surface area contributed by atoms with E-state index in [1.165, 1.54) is 6.08 Å². The maximum atomic E-state index is 10.3. The van der Waals surface area contributed by atoms with Crippen LogP contribution in [0.15, 0.2) is 11.6 Å². The minimum absolute atomic E-state index is 0.203. The Hall–Kier alpha value is -1.34. The normalized spacial score (nSPS) is 10.8. The van der Waals surface area contributed by atoms with Crippen LogP contribution in [0.25, 0.3) is 0 Å². The van der Waals surface area contributed by atoms with Crippen molar-refractivity contribution in [2.75, 3.05) is 13.7 Å². The quantitative estimate of drug-likeness (QED) is 0.378. The van der Waals surface area contributed by atoms with Crippen LogP contribution in [0, 0.1) is 11.3 Å². The number of carbonyl (C=O) groups is 1. The van der Waals surface area contributed by atoms with E-state index in [0.29, 0.717) is 13.0 Å². The average Bonchev–Trinajstić information content (AvgIpc) is 2.04. The van der Waals surface area contributed by atoms with E-state index in [1.807, 2.05) is 0 Å². The molecular formula is C8H11NO3. The minimum Gasteiger partial charge on any atom is -0.477 e. The highest BCUT2D eigenvalue weighted by atomic mass is 16.5. The van der Waals surface area contributed by atoms with Crippen LogP contribution >= 0.6 is 0 Å². The van der Waals surface area contributed by atoms with Crippen molar-refractivity contribution in [1.82, 2.24) is 0 Å². The standard InChI is InChI=1S/C8H11NO3/c1-12-5-3-2-4-7(6-9)8(10)11/h4H,2-3,5H2,1H3,(H,10,11). The molecule has 0 aromatic heterocycles. The topological polar surface area (TPSA) is 70.3 Å². The molecule has 1 N–H and O–H groups in total. The van der Waals surface area contributed by atoms with Crippen molar-refractivity contribution in [3.05, 3.63) is 11.6 Å². The fourth-order valence-electron chi connectivity index (χ4n) is 0.655. The summed E-state index contributed by atoms with van der Waals surface area (Å²) in [6, 6.07) is 1.60. The van der Waals surface area contributed by atoms with Gasteiger partial charge >= 0.3 is 5.97 Å². The summed E-state index contributed by atoms with van der Waals surface area (Å²) in [6.07, 6.45) is 2.69. The Morgan fingerprint density at radius 1 is 1.75 bits per heavy atom. The molecule has 0 atom stereocenters. The van der Waals surface area contributed by atoms with Gasteiger partial charge < -0.3 is 9.84 Å². The Balaban J connectivity index is 3.81. The molecular weight excluding hydrogens is 158 g/mol. The summed E-state index contributed by atoms with van der Waals surface area (Å²) >= 11 is 0. The van der Waals surface area contributed by atoms with Gasteiger partial charge in [-0.3, -0.25) is 0 Å². The zero-order valence-electron chi connectivity index (χ0n) is 6.91. The monoisotopic (exact) mass is 169 g/mol. The molecule has 0 heterocycles. The van der Waals surface area contributed by atoms with Gasteiger partial charge in [0.2, 0.25) is 0 Å². The molecule has 4 nitrogen and oxygen atoms in total. The molecule has 0 aromatic carbocycles. The van der Waals surface area contributed by atoms with E-state index in [-0.39, 0.29) is 5.57 Å². The summed E-state index contributed by atoms with van der Waals surface area (Å²) in [5.41, 5.74) is -0.203. The van der Waals surface area contributed by atoms with Gasteiger partial charge in [0.1, 0.15) is 11.6 Å². The van der Waals surface area contributed by atoms with Crippen LogP contribution in [-0.4, -0.2) is 24.8 Å². The molecule has 0 aromatic rings. The van der Waals surface area contributed by atoms with Crippen LogP contribution < -0.4 is 0 Å². The first kappa shape index (κ1) is 10.7. The number of unbranched alkanes of at least 4 members (excludes halogenated alkanes) is 1. The van der Waals surface area contributed by atoms with Crippen molar-refractivity contribution < 1.29 is 14.6 Å². The number of hydrogen-bond donors (Lipinski definition) is 1. The number of carboxylic acid groups (broad SMARTS) is 1. The maximum absolute atomic E-state index is 10.3. The second-order valence-corrected chi connectivity index (χ2v) is 2.17. The molecule has 0 saturated heterocycles. The molecule has 0 radical (unpaired) electrons. The van der Waals surface area contributed by atoms with Crippen molar-refractivity contribution >= 4 is 5.97 Å².